The van der Waals surface area contributed by atoms with Crippen LogP contribution in [-0.2, 0) is 4.79 Å². The van der Waals surface area contributed by atoms with Crippen LogP contribution in [0.5, 0.6) is 5.75 Å². The fourth-order valence-corrected chi connectivity index (χ4v) is 2.84. The Morgan fingerprint density at radius 1 is 1.25 bits per heavy atom. The monoisotopic (exact) mass is 288 g/mol. The second-order valence-corrected chi connectivity index (χ2v) is 5.46. The van der Waals surface area contributed by atoms with Gasteiger partial charge < -0.3 is 9.84 Å². The van der Waals surface area contributed by atoms with Crippen LogP contribution in [0.15, 0.2) is 29.6 Å². The molecule has 1 aromatic carbocycles. The molecule has 4 heteroatoms. The Morgan fingerprint density at radius 2 is 2.00 bits per heavy atom. The summed E-state index contributed by atoms with van der Waals surface area (Å²) in [6.07, 6.45) is 1.73. The molecule has 0 aliphatic rings. The van der Waals surface area contributed by atoms with E-state index in [-0.39, 0.29) is 0 Å². The number of rotatable bonds is 4. The Morgan fingerprint density at radius 3 is 2.50 bits per heavy atom. The molecule has 0 unspecified atom stereocenters. The van der Waals surface area contributed by atoms with Crippen molar-refractivity contribution in [2.45, 2.75) is 13.8 Å². The molecule has 0 aliphatic carbocycles. The van der Waals surface area contributed by atoms with Crippen molar-refractivity contribution in [3.05, 3.63) is 51.2 Å². The van der Waals surface area contributed by atoms with E-state index in [1.165, 1.54) is 11.3 Å². The second-order valence-electron chi connectivity index (χ2n) is 4.51. The lowest BCUT2D eigenvalue weighted by molar-refractivity contribution is -0.130. The molecule has 1 aromatic heterocycles. The van der Waals surface area contributed by atoms with Crippen molar-refractivity contribution in [2.75, 3.05) is 7.11 Å². The van der Waals surface area contributed by atoms with E-state index in [9.17, 15) is 9.90 Å². The Hall–Kier alpha value is -2.07. The summed E-state index contributed by atoms with van der Waals surface area (Å²) in [5, 5.41) is 11.4. The van der Waals surface area contributed by atoms with E-state index in [0.717, 1.165) is 21.8 Å². The summed E-state index contributed by atoms with van der Waals surface area (Å²) >= 11 is 1.54. The van der Waals surface area contributed by atoms with Crippen molar-refractivity contribution in [1.29, 1.82) is 0 Å². The first kappa shape index (κ1) is 14.3. The number of carboxylic acid groups (broad SMARTS) is 1. The third kappa shape index (κ3) is 2.91. The summed E-state index contributed by atoms with van der Waals surface area (Å²) in [5.41, 5.74) is 2.98. The first-order valence-electron chi connectivity index (χ1n) is 6.17. The number of hydrogen-bond acceptors (Lipinski definition) is 3. The number of carbonyl (C=O) groups is 1. The average Bonchev–Trinajstić information content (AvgIpc) is 2.81. The number of benzene rings is 1. The van der Waals surface area contributed by atoms with Crippen LogP contribution in [0.25, 0.3) is 11.6 Å². The molecule has 0 saturated carbocycles. The Bertz CT molecular complexity index is 668. The third-order valence-electron chi connectivity index (χ3n) is 3.13. The number of thiophene rings is 1. The van der Waals surface area contributed by atoms with E-state index in [0.29, 0.717) is 11.1 Å². The molecule has 0 radical (unpaired) electrons. The van der Waals surface area contributed by atoms with Gasteiger partial charge in [-0.05, 0) is 60.2 Å². The van der Waals surface area contributed by atoms with Crippen LogP contribution in [0.3, 0.4) is 0 Å². The zero-order chi connectivity index (χ0) is 14.7. The molecular weight excluding hydrogens is 272 g/mol. The van der Waals surface area contributed by atoms with Crippen molar-refractivity contribution >= 4 is 29.0 Å². The van der Waals surface area contributed by atoms with Crippen molar-refractivity contribution in [1.82, 2.24) is 0 Å². The summed E-state index contributed by atoms with van der Waals surface area (Å²) in [4.78, 5) is 12.5. The molecule has 0 bridgehead atoms. The zero-order valence-electron chi connectivity index (χ0n) is 11.6. The fourth-order valence-electron chi connectivity index (χ4n) is 1.98. The maximum absolute atomic E-state index is 11.5. The highest BCUT2D eigenvalue weighted by Gasteiger charge is 2.14. The number of aryl methyl sites for hydroxylation is 2. The van der Waals surface area contributed by atoms with Crippen LogP contribution in [0.1, 0.15) is 21.6 Å². The van der Waals surface area contributed by atoms with Crippen LogP contribution < -0.4 is 4.74 Å². The Labute approximate surface area is 122 Å². The van der Waals surface area contributed by atoms with Gasteiger partial charge in [-0.15, -0.1) is 11.3 Å². The van der Waals surface area contributed by atoms with Gasteiger partial charge in [0.2, 0.25) is 0 Å². The van der Waals surface area contributed by atoms with E-state index >= 15 is 0 Å². The smallest absolute Gasteiger partial charge is 0.336 e. The molecule has 0 aliphatic heterocycles. The largest absolute Gasteiger partial charge is 0.497 e. The predicted octanol–water partition coefficient (Wildman–Crippen LogP) is 4.00. The molecule has 20 heavy (non-hydrogen) atoms. The summed E-state index contributed by atoms with van der Waals surface area (Å²) in [6.45, 7) is 3.86. The Balaban J connectivity index is 2.52. The van der Waals surface area contributed by atoms with Crippen LogP contribution >= 0.6 is 11.3 Å². The topological polar surface area (TPSA) is 46.5 Å². The maximum Gasteiger partial charge on any atom is 0.336 e. The molecule has 2 aromatic rings. The SMILES string of the molecule is COc1ccc(/C(=C/c2sccc2C)C(=O)O)c(C)c1. The van der Waals surface area contributed by atoms with Crippen LogP contribution in [0.2, 0.25) is 0 Å². The van der Waals surface area contributed by atoms with Gasteiger partial charge in [0.25, 0.3) is 0 Å². The number of hydrogen-bond donors (Lipinski definition) is 1. The standard InChI is InChI=1S/C16H16O3S/c1-10-6-7-20-15(10)9-14(16(17)18)13-5-4-12(19-3)8-11(13)2/h4-9H,1-3H3,(H,17,18)/b14-9-. The molecule has 1 heterocycles. The second kappa shape index (κ2) is 5.92. The number of ether oxygens (including phenoxy) is 1. The summed E-state index contributed by atoms with van der Waals surface area (Å²) in [6, 6.07) is 7.39. The number of methoxy groups -OCH3 is 1. The highest BCUT2D eigenvalue weighted by Crippen LogP contribution is 2.28. The molecule has 1 N–H and O–H groups in total. The molecule has 2 rings (SSSR count). The minimum Gasteiger partial charge on any atom is -0.497 e. The summed E-state index contributed by atoms with van der Waals surface area (Å²) < 4.78 is 5.15. The lowest BCUT2D eigenvalue weighted by Gasteiger charge is -2.09. The molecule has 0 amide bonds. The quantitative estimate of drug-likeness (QED) is 0.865. The molecule has 0 spiro atoms. The predicted molar refractivity (Wildman–Crippen MR) is 82.3 cm³/mol. The van der Waals surface area contributed by atoms with Crippen molar-refractivity contribution < 1.29 is 14.6 Å². The molecule has 3 nitrogen and oxygen atoms in total. The molecule has 104 valence electrons. The number of carboxylic acids is 1. The Kier molecular flexibility index (Phi) is 4.25. The third-order valence-corrected chi connectivity index (χ3v) is 4.10. The van der Waals surface area contributed by atoms with E-state index in [1.807, 2.05) is 31.4 Å². The average molecular weight is 288 g/mol. The van der Waals surface area contributed by atoms with Gasteiger partial charge >= 0.3 is 5.97 Å². The molecule has 0 saturated heterocycles. The van der Waals surface area contributed by atoms with E-state index in [1.54, 1.807) is 25.3 Å². The highest BCUT2D eigenvalue weighted by atomic mass is 32.1. The van der Waals surface area contributed by atoms with Gasteiger partial charge in [-0.25, -0.2) is 4.79 Å². The maximum atomic E-state index is 11.5. The van der Waals surface area contributed by atoms with Gasteiger partial charge in [-0.2, -0.15) is 0 Å². The van der Waals surface area contributed by atoms with Crippen LogP contribution in [-0.4, -0.2) is 18.2 Å². The van der Waals surface area contributed by atoms with Gasteiger partial charge in [0.15, 0.2) is 0 Å². The molecular formula is C16H16O3S. The van der Waals surface area contributed by atoms with Gasteiger partial charge in [0.05, 0.1) is 12.7 Å². The van der Waals surface area contributed by atoms with Gasteiger partial charge in [-0.3, -0.25) is 0 Å². The highest BCUT2D eigenvalue weighted by molar-refractivity contribution is 7.11. The van der Waals surface area contributed by atoms with Gasteiger partial charge in [0.1, 0.15) is 5.75 Å². The lowest BCUT2D eigenvalue weighted by atomic mass is 9.99. The lowest BCUT2D eigenvalue weighted by Crippen LogP contribution is -2.01. The zero-order valence-corrected chi connectivity index (χ0v) is 12.5. The summed E-state index contributed by atoms with van der Waals surface area (Å²) in [7, 11) is 1.59. The summed E-state index contributed by atoms with van der Waals surface area (Å²) in [5.74, 6) is -0.200. The first-order valence-corrected chi connectivity index (χ1v) is 7.05. The van der Waals surface area contributed by atoms with E-state index in [4.69, 9.17) is 4.74 Å². The first-order chi connectivity index (χ1) is 9.52. The van der Waals surface area contributed by atoms with Gasteiger partial charge in [-0.1, -0.05) is 6.07 Å². The van der Waals surface area contributed by atoms with Crippen LogP contribution in [0.4, 0.5) is 0 Å². The van der Waals surface area contributed by atoms with E-state index in [2.05, 4.69) is 0 Å². The van der Waals surface area contributed by atoms with Crippen molar-refractivity contribution in [3.8, 4) is 5.75 Å². The van der Waals surface area contributed by atoms with Crippen molar-refractivity contribution in [3.63, 3.8) is 0 Å². The minimum atomic E-state index is -0.925. The van der Waals surface area contributed by atoms with Crippen molar-refractivity contribution in [2.24, 2.45) is 0 Å². The minimum absolute atomic E-state index is 0.302. The molecule has 0 atom stereocenters. The van der Waals surface area contributed by atoms with E-state index < -0.39 is 5.97 Å². The molecule has 0 fully saturated rings. The van der Waals surface area contributed by atoms with Gasteiger partial charge in [0, 0.05) is 4.88 Å². The normalized spacial score (nSPS) is 11.4. The van der Waals surface area contributed by atoms with Crippen LogP contribution in [0, 0.1) is 13.8 Å². The fraction of sp³-hybridized carbons (Fsp3) is 0.188. The number of aliphatic carboxylic acids is 1.